The maximum atomic E-state index is 11.0. The van der Waals surface area contributed by atoms with Crippen molar-refractivity contribution in [3.8, 4) is 0 Å². The van der Waals surface area contributed by atoms with Crippen molar-refractivity contribution in [2.24, 2.45) is 4.99 Å². The van der Waals surface area contributed by atoms with Gasteiger partial charge in [0.05, 0.1) is 19.0 Å². The van der Waals surface area contributed by atoms with E-state index in [1.54, 1.807) is 19.4 Å². The quantitative estimate of drug-likeness (QED) is 0.240. The first-order valence-corrected chi connectivity index (χ1v) is 10.3. The van der Waals surface area contributed by atoms with E-state index in [1.807, 2.05) is 6.07 Å². The Bertz CT molecular complexity index is 651. The largest absolute Gasteiger partial charge is 0.379 e. The van der Waals surface area contributed by atoms with E-state index in [1.165, 1.54) is 6.26 Å². The number of nitrogens with one attached hydrogen (secondary N) is 1. The number of hydrogen-bond acceptors (Lipinski definition) is 7. The number of guanidine groups is 1. The van der Waals surface area contributed by atoms with Gasteiger partial charge in [-0.3, -0.25) is 4.99 Å². The van der Waals surface area contributed by atoms with Crippen LogP contribution in [0.5, 0.6) is 0 Å². The number of rotatable bonds is 7. The van der Waals surface area contributed by atoms with Gasteiger partial charge in [0.1, 0.15) is 9.84 Å². The Hall–Kier alpha value is -1.21. The fraction of sp³-hybridized carbons (Fsp3) is 0.667. The standard InChI is InChI=1S/C15H26N6O3S.HI/c1-16-14(19-6-11-24-12-13-25(2,22)23)20-7-9-21(10-8-20)15-17-4-3-5-18-15;/h3-5H,6-13H2,1-2H3,(H,16,19);1H. The molecule has 26 heavy (non-hydrogen) atoms. The summed E-state index contributed by atoms with van der Waals surface area (Å²) in [4.78, 5) is 17.2. The molecule has 0 saturated carbocycles. The molecule has 0 aliphatic carbocycles. The third-order valence-electron chi connectivity index (χ3n) is 3.75. The van der Waals surface area contributed by atoms with Crippen LogP contribution >= 0.6 is 24.0 Å². The lowest BCUT2D eigenvalue weighted by Gasteiger charge is -2.36. The minimum Gasteiger partial charge on any atom is -0.379 e. The predicted molar refractivity (Wildman–Crippen MR) is 113 cm³/mol. The predicted octanol–water partition coefficient (Wildman–Crippen LogP) is -0.147. The second kappa shape index (κ2) is 11.5. The highest BCUT2D eigenvalue weighted by Crippen LogP contribution is 2.09. The molecule has 148 valence electrons. The number of nitrogens with zero attached hydrogens (tertiary/aromatic N) is 5. The molecule has 2 rings (SSSR count). The van der Waals surface area contributed by atoms with Gasteiger partial charge in [0.2, 0.25) is 5.95 Å². The summed E-state index contributed by atoms with van der Waals surface area (Å²) in [6.07, 6.45) is 4.70. The molecule has 0 radical (unpaired) electrons. The van der Waals surface area contributed by atoms with E-state index < -0.39 is 9.84 Å². The van der Waals surface area contributed by atoms with E-state index in [9.17, 15) is 8.42 Å². The fourth-order valence-corrected chi connectivity index (χ4v) is 2.87. The number of aliphatic imine (C=N–C) groups is 1. The number of aromatic nitrogens is 2. The Morgan fingerprint density at radius 3 is 2.46 bits per heavy atom. The van der Waals surface area contributed by atoms with Crippen molar-refractivity contribution in [1.29, 1.82) is 0 Å². The maximum absolute atomic E-state index is 11.0. The fourth-order valence-electron chi connectivity index (χ4n) is 2.45. The molecule has 0 spiro atoms. The molecular weight excluding hydrogens is 471 g/mol. The molecule has 1 N–H and O–H groups in total. The summed E-state index contributed by atoms with van der Waals surface area (Å²) in [7, 11) is -1.22. The monoisotopic (exact) mass is 498 g/mol. The molecule has 1 aliphatic heterocycles. The zero-order chi connectivity index (χ0) is 18.1. The minimum atomic E-state index is -2.97. The van der Waals surface area contributed by atoms with E-state index >= 15 is 0 Å². The van der Waals surface area contributed by atoms with Crippen LogP contribution in [0.2, 0.25) is 0 Å². The molecule has 1 aliphatic rings. The molecule has 1 saturated heterocycles. The summed E-state index contributed by atoms with van der Waals surface area (Å²) in [6.45, 7) is 4.55. The van der Waals surface area contributed by atoms with Crippen LogP contribution < -0.4 is 10.2 Å². The van der Waals surface area contributed by atoms with Gasteiger partial charge in [-0.2, -0.15) is 0 Å². The van der Waals surface area contributed by atoms with Gasteiger partial charge in [-0.05, 0) is 6.07 Å². The van der Waals surface area contributed by atoms with Gasteiger partial charge in [-0.15, -0.1) is 24.0 Å². The molecule has 1 fully saturated rings. The van der Waals surface area contributed by atoms with Gasteiger partial charge in [0, 0.05) is 58.4 Å². The Kier molecular flexibility index (Phi) is 10.1. The number of ether oxygens (including phenoxy) is 1. The molecule has 0 bridgehead atoms. The second-order valence-corrected chi connectivity index (χ2v) is 8.00. The maximum Gasteiger partial charge on any atom is 0.225 e. The summed E-state index contributed by atoms with van der Waals surface area (Å²) >= 11 is 0. The zero-order valence-electron chi connectivity index (χ0n) is 15.2. The molecule has 1 aromatic heterocycles. The SMILES string of the molecule is CN=C(NCCOCCS(C)(=O)=O)N1CCN(c2ncccn2)CC1.I. The molecule has 0 unspecified atom stereocenters. The van der Waals surface area contributed by atoms with Crippen molar-refractivity contribution in [1.82, 2.24) is 20.2 Å². The van der Waals surface area contributed by atoms with Crippen LogP contribution in [0.4, 0.5) is 5.95 Å². The minimum absolute atomic E-state index is 0. The molecule has 0 aromatic carbocycles. The summed E-state index contributed by atoms with van der Waals surface area (Å²) in [5.41, 5.74) is 0. The average Bonchev–Trinajstić information content (AvgIpc) is 2.61. The van der Waals surface area contributed by atoms with Crippen molar-refractivity contribution in [3.63, 3.8) is 0 Å². The van der Waals surface area contributed by atoms with Crippen LogP contribution in [0, 0.1) is 0 Å². The van der Waals surface area contributed by atoms with Gasteiger partial charge in [-0.25, -0.2) is 18.4 Å². The summed E-state index contributed by atoms with van der Waals surface area (Å²) < 4.78 is 27.4. The number of halogens is 1. The molecule has 1 aromatic rings. The van der Waals surface area contributed by atoms with Gasteiger partial charge < -0.3 is 19.9 Å². The Morgan fingerprint density at radius 2 is 1.88 bits per heavy atom. The highest BCUT2D eigenvalue weighted by molar-refractivity contribution is 14.0. The average molecular weight is 498 g/mol. The van der Waals surface area contributed by atoms with Gasteiger partial charge in [-0.1, -0.05) is 0 Å². The van der Waals surface area contributed by atoms with Crippen molar-refractivity contribution < 1.29 is 13.2 Å². The van der Waals surface area contributed by atoms with Crippen LogP contribution in [-0.4, -0.2) is 94.2 Å². The third-order valence-corrected chi connectivity index (χ3v) is 4.66. The van der Waals surface area contributed by atoms with Crippen LogP contribution in [0.25, 0.3) is 0 Å². The summed E-state index contributed by atoms with van der Waals surface area (Å²) in [6, 6.07) is 1.81. The van der Waals surface area contributed by atoms with Gasteiger partial charge in [0.15, 0.2) is 5.96 Å². The van der Waals surface area contributed by atoms with Crippen LogP contribution in [-0.2, 0) is 14.6 Å². The van der Waals surface area contributed by atoms with E-state index in [-0.39, 0.29) is 36.3 Å². The van der Waals surface area contributed by atoms with Crippen LogP contribution in [0.15, 0.2) is 23.5 Å². The lowest BCUT2D eigenvalue weighted by Crippen LogP contribution is -2.53. The smallest absolute Gasteiger partial charge is 0.225 e. The number of sulfone groups is 1. The lowest BCUT2D eigenvalue weighted by atomic mass is 10.3. The second-order valence-electron chi connectivity index (χ2n) is 5.74. The zero-order valence-corrected chi connectivity index (χ0v) is 18.3. The Labute approximate surface area is 172 Å². The topological polar surface area (TPSA) is 100 Å². The molecule has 2 heterocycles. The Morgan fingerprint density at radius 1 is 1.23 bits per heavy atom. The normalized spacial score (nSPS) is 15.5. The lowest BCUT2D eigenvalue weighted by molar-refractivity contribution is 0.153. The van der Waals surface area contributed by atoms with Crippen LogP contribution in [0.3, 0.4) is 0 Å². The summed E-state index contributed by atoms with van der Waals surface area (Å²) in [5.74, 6) is 1.62. The third kappa shape index (κ3) is 7.99. The molecular formula is C15H27IN6O3S. The van der Waals surface area contributed by atoms with E-state index in [4.69, 9.17) is 4.74 Å². The van der Waals surface area contributed by atoms with Crippen LogP contribution in [0.1, 0.15) is 0 Å². The first-order chi connectivity index (χ1) is 12.0. The first kappa shape index (κ1) is 22.8. The van der Waals surface area contributed by atoms with Crippen molar-refractivity contribution >= 4 is 45.7 Å². The number of piperazine rings is 1. The highest BCUT2D eigenvalue weighted by atomic mass is 127. The number of hydrogen-bond donors (Lipinski definition) is 1. The van der Waals surface area contributed by atoms with E-state index in [0.717, 1.165) is 38.1 Å². The van der Waals surface area contributed by atoms with E-state index in [0.29, 0.717) is 13.2 Å². The van der Waals surface area contributed by atoms with Crippen molar-refractivity contribution in [2.45, 2.75) is 0 Å². The summed E-state index contributed by atoms with van der Waals surface area (Å²) in [5, 5.41) is 3.24. The molecule has 0 amide bonds. The van der Waals surface area contributed by atoms with Gasteiger partial charge >= 0.3 is 0 Å². The molecule has 11 heteroatoms. The highest BCUT2D eigenvalue weighted by Gasteiger charge is 2.20. The Balaban J connectivity index is 0.00000338. The first-order valence-electron chi connectivity index (χ1n) is 8.22. The van der Waals surface area contributed by atoms with Gasteiger partial charge in [0.25, 0.3) is 0 Å². The van der Waals surface area contributed by atoms with Crippen molar-refractivity contribution in [3.05, 3.63) is 18.5 Å². The van der Waals surface area contributed by atoms with E-state index in [2.05, 4.69) is 30.1 Å². The number of anilines is 1. The molecule has 9 nitrogen and oxygen atoms in total. The van der Waals surface area contributed by atoms with Crippen molar-refractivity contribution in [2.75, 3.05) is 69.9 Å². The molecule has 0 atom stereocenters.